The number of carbonyl (C=O) groups is 2. The van der Waals surface area contributed by atoms with Crippen molar-refractivity contribution >= 4 is 17.5 Å². The number of pyridine rings is 1. The highest BCUT2D eigenvalue weighted by molar-refractivity contribution is 5.90. The lowest BCUT2D eigenvalue weighted by Gasteiger charge is -2.50. The Morgan fingerprint density at radius 3 is 2.97 bits per heavy atom. The van der Waals surface area contributed by atoms with Crippen molar-refractivity contribution in [3.63, 3.8) is 0 Å². The zero-order chi connectivity index (χ0) is 23.9. The number of aromatic nitrogens is 1. The van der Waals surface area contributed by atoms with E-state index in [1.54, 1.807) is 31.5 Å². The van der Waals surface area contributed by atoms with Gasteiger partial charge in [-0.25, -0.2) is 9.37 Å². The van der Waals surface area contributed by atoms with Crippen LogP contribution in [0.5, 0.6) is 5.75 Å². The Hall–Kier alpha value is -2.76. The maximum atomic E-state index is 14.4. The Bertz CT molecular complexity index is 1100. The number of ketones is 1. The predicted octanol–water partition coefficient (Wildman–Crippen LogP) is 5.69. The van der Waals surface area contributed by atoms with Crippen LogP contribution in [-0.4, -0.2) is 23.8 Å². The number of amides is 1. The molecule has 3 aliphatic carbocycles. The lowest BCUT2D eigenvalue weighted by atomic mass is 9.54. The van der Waals surface area contributed by atoms with Crippen LogP contribution in [0.4, 0.5) is 10.2 Å². The number of carbonyl (C=O) groups excluding carboxylic acids is 2. The fraction of sp³-hybridized carbons (Fsp3) is 0.536. The Labute approximate surface area is 200 Å². The monoisotopic (exact) mass is 464 g/mol. The lowest BCUT2D eigenvalue weighted by molar-refractivity contribution is -0.129. The smallest absolute Gasteiger partial charge is 0.225 e. The van der Waals surface area contributed by atoms with Gasteiger partial charge in [-0.2, -0.15) is 0 Å². The summed E-state index contributed by atoms with van der Waals surface area (Å²) in [5.74, 6) is 2.73. The molecule has 6 heteroatoms. The minimum absolute atomic E-state index is 0.0728. The molecule has 5 rings (SSSR count). The Morgan fingerprint density at radius 1 is 1.29 bits per heavy atom. The standard InChI is InChI=1S/C28H33FN2O3/c1-28-13-11-20-19-6-4-7-23(29)21(19)9-10-22(20)27(28)17(15-24(28)32)5-3-8-26(33)31-25-16-18(34-2)12-14-30-25/h4,6-7,12,14,16-17,20,22,27H,3,5,8-11,13,15H2,1-2H3,(H,30,31,33)/t17-,20?,22?,27?,28-/m1/s1. The first-order valence-electron chi connectivity index (χ1n) is 12.5. The lowest BCUT2D eigenvalue weighted by Crippen LogP contribution is -2.44. The van der Waals surface area contributed by atoms with Gasteiger partial charge in [0.2, 0.25) is 5.91 Å². The molecule has 0 bridgehead atoms. The number of Topliss-reactive ketones (excluding diaryl/α,β-unsaturated/α-hetero) is 1. The molecular weight excluding hydrogens is 431 g/mol. The molecule has 2 saturated carbocycles. The highest BCUT2D eigenvalue weighted by Gasteiger charge is 2.58. The van der Waals surface area contributed by atoms with Crippen LogP contribution in [0.1, 0.15) is 68.9 Å². The van der Waals surface area contributed by atoms with Gasteiger partial charge in [0.25, 0.3) is 0 Å². The number of hydrogen-bond acceptors (Lipinski definition) is 4. The highest BCUT2D eigenvalue weighted by atomic mass is 19.1. The third kappa shape index (κ3) is 4.01. The molecule has 3 unspecified atom stereocenters. The molecule has 3 aliphatic rings. The van der Waals surface area contributed by atoms with Gasteiger partial charge in [0.05, 0.1) is 7.11 Å². The number of halogens is 1. The normalized spacial score (nSPS) is 29.7. The van der Waals surface area contributed by atoms with Crippen molar-refractivity contribution < 1.29 is 18.7 Å². The van der Waals surface area contributed by atoms with E-state index < -0.39 is 0 Å². The van der Waals surface area contributed by atoms with Crippen molar-refractivity contribution in [2.75, 3.05) is 12.4 Å². The summed E-state index contributed by atoms with van der Waals surface area (Å²) in [5.41, 5.74) is 1.78. The first-order chi connectivity index (χ1) is 16.4. The minimum atomic E-state index is -0.274. The predicted molar refractivity (Wildman–Crippen MR) is 128 cm³/mol. The van der Waals surface area contributed by atoms with Gasteiger partial charge in [0, 0.05) is 30.5 Å². The molecule has 180 valence electrons. The quantitative estimate of drug-likeness (QED) is 0.596. The summed E-state index contributed by atoms with van der Waals surface area (Å²) in [6, 6.07) is 8.93. The molecule has 1 N–H and O–H groups in total. The summed E-state index contributed by atoms with van der Waals surface area (Å²) < 4.78 is 19.6. The molecule has 5 atom stereocenters. The van der Waals surface area contributed by atoms with Crippen LogP contribution in [0, 0.1) is 29.0 Å². The second-order valence-electron chi connectivity index (χ2n) is 10.5. The van der Waals surface area contributed by atoms with Crippen LogP contribution in [0.15, 0.2) is 36.5 Å². The van der Waals surface area contributed by atoms with E-state index in [1.165, 1.54) is 5.56 Å². The largest absolute Gasteiger partial charge is 0.497 e. The van der Waals surface area contributed by atoms with E-state index in [0.717, 1.165) is 44.1 Å². The number of benzene rings is 1. The number of hydrogen-bond donors (Lipinski definition) is 1. The summed E-state index contributed by atoms with van der Waals surface area (Å²) in [7, 11) is 1.58. The second-order valence-corrected chi connectivity index (χ2v) is 10.5. The highest BCUT2D eigenvalue weighted by Crippen LogP contribution is 2.62. The van der Waals surface area contributed by atoms with E-state index in [0.29, 0.717) is 53.9 Å². The van der Waals surface area contributed by atoms with Crippen LogP contribution in [0.3, 0.4) is 0 Å². The van der Waals surface area contributed by atoms with Crippen LogP contribution in [-0.2, 0) is 16.0 Å². The number of nitrogens with zero attached hydrogens (tertiary/aromatic N) is 1. The van der Waals surface area contributed by atoms with Crippen molar-refractivity contribution in [1.29, 1.82) is 0 Å². The first kappa shape index (κ1) is 23.0. The van der Waals surface area contributed by atoms with Crippen LogP contribution >= 0.6 is 0 Å². The molecule has 1 aromatic heterocycles. The van der Waals surface area contributed by atoms with Gasteiger partial charge in [0.15, 0.2) is 0 Å². The molecular formula is C28H33FN2O3. The second kappa shape index (κ2) is 9.12. The Balaban J connectivity index is 1.26. The maximum absolute atomic E-state index is 14.4. The molecule has 2 fully saturated rings. The zero-order valence-electron chi connectivity index (χ0n) is 20.0. The Kier molecular flexibility index (Phi) is 6.17. The van der Waals surface area contributed by atoms with E-state index in [-0.39, 0.29) is 17.1 Å². The molecule has 5 nitrogen and oxygen atoms in total. The molecule has 0 spiro atoms. The molecule has 0 radical (unpaired) electrons. The molecule has 1 amide bonds. The van der Waals surface area contributed by atoms with Gasteiger partial charge in [-0.15, -0.1) is 0 Å². The molecule has 0 aliphatic heterocycles. The molecule has 1 heterocycles. The van der Waals surface area contributed by atoms with Crippen LogP contribution in [0.2, 0.25) is 0 Å². The molecule has 2 aromatic rings. The fourth-order valence-corrected chi connectivity index (χ4v) is 7.23. The number of anilines is 1. The minimum Gasteiger partial charge on any atom is -0.497 e. The van der Waals surface area contributed by atoms with Gasteiger partial charge in [-0.05, 0) is 85.5 Å². The van der Waals surface area contributed by atoms with E-state index >= 15 is 0 Å². The van der Waals surface area contributed by atoms with E-state index in [1.807, 2.05) is 6.07 Å². The van der Waals surface area contributed by atoms with Crippen molar-refractivity contribution in [3.8, 4) is 5.75 Å². The average molecular weight is 465 g/mol. The summed E-state index contributed by atoms with van der Waals surface area (Å²) in [5, 5.41) is 2.84. The van der Waals surface area contributed by atoms with Crippen LogP contribution < -0.4 is 10.1 Å². The van der Waals surface area contributed by atoms with Crippen molar-refractivity contribution in [2.45, 2.75) is 64.2 Å². The SMILES string of the molecule is COc1ccnc(NC(=O)CCC[C@@H]2CC(=O)[C@@]3(C)CCC4c5cccc(F)c5CCC4C23)c1. The van der Waals surface area contributed by atoms with Crippen molar-refractivity contribution in [2.24, 2.45) is 23.2 Å². The fourth-order valence-electron chi connectivity index (χ4n) is 7.23. The number of ether oxygens (including phenoxy) is 1. The first-order valence-corrected chi connectivity index (χ1v) is 12.5. The average Bonchev–Trinajstić information content (AvgIpc) is 3.09. The topological polar surface area (TPSA) is 68.3 Å². The van der Waals surface area contributed by atoms with Crippen molar-refractivity contribution in [1.82, 2.24) is 4.98 Å². The zero-order valence-corrected chi connectivity index (χ0v) is 20.0. The molecule has 1 aromatic carbocycles. The van der Waals surface area contributed by atoms with E-state index in [4.69, 9.17) is 4.74 Å². The van der Waals surface area contributed by atoms with E-state index in [2.05, 4.69) is 23.3 Å². The summed E-state index contributed by atoms with van der Waals surface area (Å²) in [6.45, 7) is 2.17. The Morgan fingerprint density at radius 2 is 2.15 bits per heavy atom. The molecule has 34 heavy (non-hydrogen) atoms. The summed E-state index contributed by atoms with van der Waals surface area (Å²) in [4.78, 5) is 29.8. The number of nitrogens with one attached hydrogen (secondary N) is 1. The van der Waals surface area contributed by atoms with Crippen LogP contribution in [0.25, 0.3) is 0 Å². The third-order valence-electron chi connectivity index (χ3n) is 8.78. The number of methoxy groups -OCH3 is 1. The van der Waals surface area contributed by atoms with Gasteiger partial charge in [0.1, 0.15) is 23.2 Å². The third-order valence-corrected chi connectivity index (χ3v) is 8.78. The van der Waals surface area contributed by atoms with Crippen molar-refractivity contribution in [3.05, 3.63) is 53.5 Å². The number of rotatable bonds is 6. The number of fused-ring (bicyclic) bond motifs is 5. The molecule has 0 saturated heterocycles. The van der Waals surface area contributed by atoms with Gasteiger partial charge in [-0.3, -0.25) is 9.59 Å². The summed E-state index contributed by atoms with van der Waals surface area (Å²) in [6.07, 6.45) is 7.76. The van der Waals surface area contributed by atoms with Gasteiger partial charge in [-0.1, -0.05) is 19.1 Å². The maximum Gasteiger partial charge on any atom is 0.225 e. The van der Waals surface area contributed by atoms with E-state index in [9.17, 15) is 14.0 Å². The van der Waals surface area contributed by atoms with Gasteiger partial charge < -0.3 is 10.1 Å². The summed E-state index contributed by atoms with van der Waals surface area (Å²) >= 11 is 0. The van der Waals surface area contributed by atoms with Gasteiger partial charge >= 0.3 is 0 Å².